The number of nitrogens with one attached hydrogen (secondary N) is 3. The van der Waals surface area contributed by atoms with Crippen LogP contribution in [0, 0.1) is 57.7 Å². The highest BCUT2D eigenvalue weighted by atomic mass is 32.2. The van der Waals surface area contributed by atoms with Gasteiger partial charge in [-0.15, -0.1) is 13.2 Å². The van der Waals surface area contributed by atoms with Crippen LogP contribution in [0.25, 0.3) is 21.5 Å². The van der Waals surface area contributed by atoms with Gasteiger partial charge in [-0.25, -0.2) is 26.8 Å². The molecule has 8 bridgehead atoms. The number of hydrogen-bond donors (Lipinski definition) is 3. The van der Waals surface area contributed by atoms with Crippen molar-refractivity contribution in [1.29, 1.82) is 0 Å². The van der Waals surface area contributed by atoms with E-state index < -0.39 is 124 Å². The number of carbonyl (C=O) groups excluding carboxylic acids is 8. The van der Waals surface area contributed by atoms with Crippen molar-refractivity contribution in [2.24, 2.45) is 45.8 Å². The Hall–Kier alpha value is -8.44. The van der Waals surface area contributed by atoms with Crippen molar-refractivity contribution < 1.29 is 78.9 Å². The number of Topliss-reactive ketones (excluding diaryl/α,β-unsaturated/α-hetero) is 1. The van der Waals surface area contributed by atoms with Gasteiger partial charge in [0.2, 0.25) is 55.4 Å². The molecule has 2 aromatic heterocycles. The number of cyclic esters (lactones) is 2. The molecule has 558 valence electrons. The highest BCUT2D eigenvalue weighted by Gasteiger charge is 2.63. The van der Waals surface area contributed by atoms with Crippen LogP contribution in [0.15, 0.2) is 80.2 Å². The van der Waals surface area contributed by atoms with Crippen LogP contribution < -0.4 is 29.0 Å². The van der Waals surface area contributed by atoms with E-state index in [1.165, 1.54) is 15.9 Å². The van der Waals surface area contributed by atoms with E-state index in [0.717, 1.165) is 64.8 Å². The molecule has 7 fully saturated rings. The second-order valence-electron chi connectivity index (χ2n) is 32.0. The molecule has 24 nitrogen and oxygen atoms in total. The molecule has 1 unspecified atom stereocenters. The number of ether oxygens (including phenoxy) is 5. The first-order valence-corrected chi connectivity index (χ1v) is 39.8. The maximum absolute atomic E-state index is 14.9. The maximum atomic E-state index is 14.9. The van der Waals surface area contributed by atoms with Gasteiger partial charge in [0.05, 0.1) is 80.0 Å². The number of ketones is 1. The van der Waals surface area contributed by atoms with Gasteiger partial charge >= 0.3 is 11.9 Å². The first kappa shape index (κ1) is 75.2. The SMILES string of the molecule is C=C[C@@H]1C[C@]1(CC(=O)[C@@H]1C[C@@H]2CN1C(=O)[C@H](C(C)(C)C)CC(=O)OCCCC#Cc1ccc3ccnc(c3c1)O2)C(=O)NS(=O)(=O)C1CC1.C=C[C@@H]1C[C@]1(NC(=O)[C@@H]1C[C@@H]2CN1C(=O)[C@H](C1CCCCC1)CC(=O)OCC(C)(C)CC(C)c1cc3c(nccc3cc1OC)O2)C(=O)NS(=O)(=O)C1CC1. The number of carbonyl (C=O) groups is 8. The number of benzene rings is 2. The molecule has 26 heteroatoms. The van der Waals surface area contributed by atoms with Gasteiger partial charge in [-0.05, 0) is 146 Å². The molecule has 6 heterocycles. The summed E-state index contributed by atoms with van der Waals surface area (Å²) >= 11 is 0. The summed E-state index contributed by atoms with van der Waals surface area (Å²) in [4.78, 5) is 124. The van der Waals surface area contributed by atoms with E-state index in [0.29, 0.717) is 62.5 Å². The number of sulfonamides is 2. The van der Waals surface area contributed by atoms with Crippen LogP contribution in [-0.2, 0) is 67.9 Å². The fourth-order valence-electron chi connectivity index (χ4n) is 16.0. The Morgan fingerprint density at radius 2 is 1.32 bits per heavy atom. The monoisotopic (exact) mass is 1470 g/mol. The lowest BCUT2D eigenvalue weighted by Gasteiger charge is -2.34. The highest BCUT2D eigenvalue weighted by Crippen LogP contribution is 2.57. The molecule has 5 amide bonds. The van der Waals surface area contributed by atoms with Gasteiger partial charge in [-0.1, -0.05) is 90.9 Å². The Balaban J connectivity index is 0.000000197. The van der Waals surface area contributed by atoms with Crippen molar-refractivity contribution in [3.8, 4) is 29.4 Å². The average molecular weight is 1470 g/mol. The molecular formula is C78H97N7O17S2. The molecule has 13 rings (SSSR count). The lowest BCUT2D eigenvalue weighted by atomic mass is 9.77. The Labute approximate surface area is 608 Å². The standard InChI is InChI=1S/C41H54N4O9S.C37H43N3O8S/c1-6-27-21-41(27,39(49)44-55(50,51)29-12-13-29)43-36(47)33-17-28-22-45(33)38(48)32(25-10-8-7-9-11-25)19-35(46)53-23-40(3,4)20-24(2)30-18-31-26(16-34(30)52-5)14-15-42-37(31)54-28;1-5-25-20-37(25,35(44)39-49(45,46)27-12-13-27)21-31(41)30-18-26-22-40(30)34(43)29(36(2,3)4)19-32(42)47-16-8-6-7-9-23-10-11-24-14-15-38-33(48-26)28(24)17-23/h6,14-16,18,24-25,27-29,32-33H,1,7-13,17,19-23H2,2-5H3,(H,43,47)(H,44,49);5,10-11,14-15,17,25-27,29-30H,1,6,8,12-13,16,18-22H2,2-4H3,(H,39,44)/t24?,27-,28-,32+,33+,41-;25-,26-,29-,30+,37-/m11/s1. The number of methoxy groups -OCH3 is 1. The molecule has 5 saturated carbocycles. The van der Waals surface area contributed by atoms with Crippen LogP contribution in [0.2, 0.25) is 0 Å². The van der Waals surface area contributed by atoms with Crippen molar-refractivity contribution in [3.63, 3.8) is 0 Å². The molecule has 0 spiro atoms. The summed E-state index contributed by atoms with van der Waals surface area (Å²) in [7, 11) is -6.09. The predicted octanol–water partition coefficient (Wildman–Crippen LogP) is 9.01. The lowest BCUT2D eigenvalue weighted by molar-refractivity contribution is -0.154. The topological polar surface area (TPSA) is 319 Å². The van der Waals surface area contributed by atoms with Crippen LogP contribution >= 0.6 is 0 Å². The summed E-state index contributed by atoms with van der Waals surface area (Å²) in [6.45, 7) is 19.8. The van der Waals surface area contributed by atoms with Crippen molar-refractivity contribution in [2.75, 3.05) is 33.4 Å². The summed E-state index contributed by atoms with van der Waals surface area (Å²) in [6.07, 6.45) is 13.3. The van der Waals surface area contributed by atoms with Crippen LogP contribution in [0.5, 0.6) is 17.5 Å². The first-order chi connectivity index (χ1) is 49.4. The van der Waals surface area contributed by atoms with Gasteiger partial charge in [0.25, 0.3) is 5.91 Å². The predicted molar refractivity (Wildman–Crippen MR) is 386 cm³/mol. The van der Waals surface area contributed by atoms with E-state index in [1.807, 2.05) is 63.2 Å². The molecule has 5 aliphatic carbocycles. The third-order valence-corrected chi connectivity index (χ3v) is 26.2. The van der Waals surface area contributed by atoms with Crippen LogP contribution in [0.3, 0.4) is 0 Å². The Bertz CT molecular complexity index is 4400. The van der Waals surface area contributed by atoms with Crippen molar-refractivity contribution >= 4 is 88.8 Å². The third-order valence-electron chi connectivity index (χ3n) is 22.5. The molecule has 2 aromatic carbocycles. The summed E-state index contributed by atoms with van der Waals surface area (Å²) in [6, 6.07) is 11.4. The third kappa shape index (κ3) is 16.5. The molecule has 104 heavy (non-hydrogen) atoms. The molecular weight excluding hydrogens is 1370 g/mol. The zero-order chi connectivity index (χ0) is 74.4. The van der Waals surface area contributed by atoms with Gasteiger partial charge in [-0.2, -0.15) is 0 Å². The zero-order valence-corrected chi connectivity index (χ0v) is 62.1. The molecule has 0 radical (unpaired) electrons. The largest absolute Gasteiger partial charge is 0.496 e. The van der Waals surface area contributed by atoms with Crippen molar-refractivity contribution in [3.05, 3.63) is 91.3 Å². The number of pyridine rings is 2. The lowest BCUT2D eigenvalue weighted by Crippen LogP contribution is -2.57. The minimum atomic E-state index is -3.89. The van der Waals surface area contributed by atoms with E-state index in [4.69, 9.17) is 23.7 Å². The summed E-state index contributed by atoms with van der Waals surface area (Å²) in [5.41, 5.74) is -2.15. The molecule has 4 aromatic rings. The summed E-state index contributed by atoms with van der Waals surface area (Å²) in [5, 5.41) is 4.87. The maximum Gasteiger partial charge on any atom is 0.306 e. The Morgan fingerprint density at radius 3 is 1.92 bits per heavy atom. The van der Waals surface area contributed by atoms with E-state index in [2.05, 4.69) is 70.5 Å². The number of amides is 5. The number of nitrogens with zero attached hydrogens (tertiary/aromatic N) is 4. The van der Waals surface area contributed by atoms with E-state index >= 15 is 0 Å². The highest BCUT2D eigenvalue weighted by molar-refractivity contribution is 7.91. The number of esters is 2. The molecule has 9 aliphatic rings. The first-order valence-electron chi connectivity index (χ1n) is 36.7. The van der Waals surface area contributed by atoms with E-state index in [1.54, 1.807) is 25.6 Å². The van der Waals surface area contributed by atoms with Crippen molar-refractivity contribution in [1.82, 2.24) is 34.5 Å². The van der Waals surface area contributed by atoms with Gasteiger partial charge in [0, 0.05) is 60.3 Å². The second kappa shape index (κ2) is 29.8. The Morgan fingerprint density at radius 1 is 0.712 bits per heavy atom. The summed E-state index contributed by atoms with van der Waals surface area (Å²) < 4.78 is 85.6. The van der Waals surface area contributed by atoms with Crippen LogP contribution in [0.1, 0.15) is 181 Å². The normalized spacial score (nSPS) is 29.0. The number of rotatable bonds is 15. The molecule has 2 saturated heterocycles. The fourth-order valence-corrected chi connectivity index (χ4v) is 18.8. The minimum absolute atomic E-state index is 0.00834. The molecule has 3 N–H and O–H groups in total. The molecule has 4 aliphatic heterocycles. The van der Waals surface area contributed by atoms with E-state index in [9.17, 15) is 55.2 Å². The second-order valence-corrected chi connectivity index (χ2v) is 36.0. The van der Waals surface area contributed by atoms with Gasteiger partial charge in [-0.3, -0.25) is 47.8 Å². The van der Waals surface area contributed by atoms with Gasteiger partial charge in [0.15, 0.2) is 5.78 Å². The van der Waals surface area contributed by atoms with Gasteiger partial charge in [0.1, 0.15) is 29.5 Å². The van der Waals surface area contributed by atoms with Crippen LogP contribution in [0.4, 0.5) is 0 Å². The Kier molecular flexibility index (Phi) is 21.6. The van der Waals surface area contributed by atoms with E-state index in [-0.39, 0.29) is 107 Å². The number of aromatic nitrogens is 2. The van der Waals surface area contributed by atoms with Gasteiger partial charge < -0.3 is 38.8 Å². The zero-order valence-electron chi connectivity index (χ0n) is 60.5. The number of fused-ring (bicyclic) bond motifs is 6. The molecule has 11 atom stereocenters. The summed E-state index contributed by atoms with van der Waals surface area (Å²) in [5.74, 6) is 1.00. The smallest absolute Gasteiger partial charge is 0.306 e. The van der Waals surface area contributed by atoms with Crippen molar-refractivity contribution in [2.45, 2.75) is 210 Å². The minimum Gasteiger partial charge on any atom is -0.496 e. The average Bonchev–Trinajstić information content (AvgIpc) is 1.58. The van der Waals surface area contributed by atoms with Crippen LogP contribution in [-0.4, -0.2) is 158 Å². The number of allylic oxidation sites excluding steroid dienone is 1. The number of hydrogen-bond acceptors (Lipinski definition) is 19. The quantitative estimate of drug-likeness (QED) is 0.0567. The fraction of sp³-hybridized carbons (Fsp3) is 0.590.